The Balaban J connectivity index is 1.30. The minimum Gasteiger partial charge on any atom is -0.309 e. The second-order valence-electron chi connectivity index (χ2n) is 11.4. The van der Waals surface area contributed by atoms with Crippen LogP contribution in [0.15, 0.2) is 152 Å². The molecule has 1 aliphatic carbocycles. The van der Waals surface area contributed by atoms with Gasteiger partial charge in [0.2, 0.25) is 0 Å². The van der Waals surface area contributed by atoms with Crippen LogP contribution in [0.4, 0.5) is 0 Å². The van der Waals surface area contributed by atoms with Gasteiger partial charge in [0.1, 0.15) is 11.6 Å². The minimum atomic E-state index is 0.136. The Hall–Kier alpha value is -5.74. The molecule has 0 bridgehead atoms. The lowest BCUT2D eigenvalue weighted by atomic mass is 9.99. The maximum absolute atomic E-state index is 5.24. The van der Waals surface area contributed by atoms with Crippen LogP contribution in [-0.2, 0) is 0 Å². The Morgan fingerprint density at radius 1 is 0.523 bits per heavy atom. The van der Waals surface area contributed by atoms with Gasteiger partial charge in [-0.25, -0.2) is 9.97 Å². The normalized spacial score (nSPS) is 14.8. The molecule has 0 aliphatic heterocycles. The van der Waals surface area contributed by atoms with Crippen LogP contribution in [0.5, 0.6) is 0 Å². The van der Waals surface area contributed by atoms with Crippen molar-refractivity contribution in [3.63, 3.8) is 0 Å². The molecule has 3 aromatic heterocycles. The van der Waals surface area contributed by atoms with Gasteiger partial charge in [0.25, 0.3) is 0 Å². The fraction of sp³-hybridized carbons (Fsp3) is 0.0500. The van der Waals surface area contributed by atoms with Crippen molar-refractivity contribution in [2.75, 3.05) is 0 Å². The van der Waals surface area contributed by atoms with Gasteiger partial charge in [-0.05, 0) is 42.8 Å². The van der Waals surface area contributed by atoms with E-state index in [9.17, 15) is 0 Å². The molecule has 0 N–H and O–H groups in total. The summed E-state index contributed by atoms with van der Waals surface area (Å²) in [6.07, 6.45) is 9.49. The van der Waals surface area contributed by atoms with Crippen molar-refractivity contribution in [2.45, 2.75) is 12.3 Å². The van der Waals surface area contributed by atoms with E-state index in [-0.39, 0.29) is 5.92 Å². The predicted molar refractivity (Wildman–Crippen MR) is 182 cm³/mol. The highest BCUT2D eigenvalue weighted by Crippen LogP contribution is 2.37. The summed E-state index contributed by atoms with van der Waals surface area (Å²) in [4.78, 5) is 10.3. The first kappa shape index (κ1) is 24.8. The van der Waals surface area contributed by atoms with Gasteiger partial charge < -0.3 is 4.57 Å². The molecule has 0 spiro atoms. The van der Waals surface area contributed by atoms with Crippen molar-refractivity contribution in [2.24, 2.45) is 0 Å². The molecule has 0 saturated heterocycles. The fourth-order valence-electron chi connectivity index (χ4n) is 6.81. The average Bonchev–Trinajstić information content (AvgIpc) is 3.61. The fourth-order valence-corrected chi connectivity index (χ4v) is 6.81. The molecule has 0 saturated carbocycles. The SMILES string of the molecule is C1=CCC(c2nc(-c3ccccc3)cc(-n3c4ccccc4c4cc(-n5c6ccccc6c6ccccc65)ccc43)n2)C=C1. The number of nitrogens with zero attached hydrogens (tertiary/aromatic N) is 4. The van der Waals surface area contributed by atoms with Gasteiger partial charge in [-0.1, -0.05) is 109 Å². The topological polar surface area (TPSA) is 35.6 Å². The van der Waals surface area contributed by atoms with E-state index < -0.39 is 0 Å². The summed E-state index contributed by atoms with van der Waals surface area (Å²) in [6, 6.07) is 45.4. The zero-order valence-corrected chi connectivity index (χ0v) is 24.0. The number of benzene rings is 5. The maximum Gasteiger partial charge on any atom is 0.141 e. The molecule has 4 nitrogen and oxygen atoms in total. The summed E-state index contributed by atoms with van der Waals surface area (Å²) in [5.74, 6) is 1.86. The number of rotatable bonds is 4. The smallest absolute Gasteiger partial charge is 0.141 e. The maximum atomic E-state index is 5.24. The molecule has 0 radical (unpaired) electrons. The van der Waals surface area contributed by atoms with Gasteiger partial charge in [0, 0.05) is 44.8 Å². The summed E-state index contributed by atoms with van der Waals surface area (Å²) in [5.41, 5.74) is 7.83. The number of aromatic nitrogens is 4. The first-order valence-electron chi connectivity index (χ1n) is 15.1. The largest absolute Gasteiger partial charge is 0.309 e. The van der Waals surface area contributed by atoms with Crippen LogP contribution in [-0.4, -0.2) is 19.1 Å². The van der Waals surface area contributed by atoms with Crippen LogP contribution in [0.25, 0.3) is 66.4 Å². The van der Waals surface area contributed by atoms with Crippen molar-refractivity contribution in [3.8, 4) is 22.8 Å². The van der Waals surface area contributed by atoms with Crippen LogP contribution in [0.3, 0.4) is 0 Å². The summed E-state index contributed by atoms with van der Waals surface area (Å²) >= 11 is 0. The number of hydrogen-bond acceptors (Lipinski definition) is 2. The molecule has 0 amide bonds. The van der Waals surface area contributed by atoms with Crippen LogP contribution >= 0.6 is 0 Å². The number of allylic oxidation sites excluding steroid dienone is 4. The van der Waals surface area contributed by atoms with Crippen LogP contribution in [0, 0.1) is 0 Å². The molecular formula is C40H28N4. The van der Waals surface area contributed by atoms with E-state index in [1.807, 2.05) is 6.07 Å². The average molecular weight is 565 g/mol. The number of hydrogen-bond donors (Lipinski definition) is 0. The Morgan fingerprint density at radius 2 is 1.14 bits per heavy atom. The van der Waals surface area contributed by atoms with E-state index >= 15 is 0 Å². The number of fused-ring (bicyclic) bond motifs is 6. The lowest BCUT2D eigenvalue weighted by molar-refractivity contribution is 0.766. The lowest BCUT2D eigenvalue weighted by Crippen LogP contribution is -2.08. The van der Waals surface area contributed by atoms with Gasteiger partial charge >= 0.3 is 0 Å². The molecule has 0 fully saturated rings. The molecular weight excluding hydrogens is 536 g/mol. The van der Waals surface area contributed by atoms with Crippen LogP contribution < -0.4 is 0 Å². The third-order valence-electron chi connectivity index (χ3n) is 8.84. The van der Waals surface area contributed by atoms with Crippen molar-refractivity contribution >= 4 is 43.6 Å². The highest BCUT2D eigenvalue weighted by Gasteiger charge is 2.20. The first-order valence-corrected chi connectivity index (χ1v) is 15.1. The summed E-state index contributed by atoms with van der Waals surface area (Å²) in [5, 5.41) is 4.92. The van der Waals surface area contributed by atoms with E-state index in [4.69, 9.17) is 9.97 Å². The van der Waals surface area contributed by atoms with Gasteiger partial charge in [0.15, 0.2) is 0 Å². The summed E-state index contributed by atoms with van der Waals surface area (Å²) in [7, 11) is 0. The van der Waals surface area contributed by atoms with E-state index in [0.29, 0.717) is 0 Å². The zero-order valence-electron chi connectivity index (χ0n) is 24.0. The van der Waals surface area contributed by atoms with Crippen molar-refractivity contribution in [1.29, 1.82) is 0 Å². The molecule has 1 unspecified atom stereocenters. The molecule has 1 aliphatic rings. The molecule has 9 rings (SSSR count). The van der Waals surface area contributed by atoms with E-state index in [1.54, 1.807) is 0 Å². The summed E-state index contributed by atoms with van der Waals surface area (Å²) in [6.45, 7) is 0. The van der Waals surface area contributed by atoms with E-state index in [0.717, 1.165) is 46.0 Å². The standard InChI is InChI=1S/C40H28N4/c1-3-13-27(14-4-1)34-26-39(42-40(41-34)28-15-5-2-6-16-28)44-37-22-12-9-19-32(37)33-25-29(23-24-38(33)44)43-35-20-10-7-17-30(35)31-18-8-11-21-36(31)43/h1-15,17-26,28H,16H2. The molecule has 8 aromatic rings. The molecule has 4 heteroatoms. The molecule has 1 atom stereocenters. The highest BCUT2D eigenvalue weighted by atomic mass is 15.1. The first-order chi connectivity index (χ1) is 21.8. The van der Waals surface area contributed by atoms with Crippen molar-refractivity contribution in [3.05, 3.63) is 158 Å². The zero-order chi connectivity index (χ0) is 29.0. The van der Waals surface area contributed by atoms with Crippen molar-refractivity contribution < 1.29 is 0 Å². The Kier molecular flexibility index (Phi) is 5.60. The van der Waals surface area contributed by atoms with Gasteiger partial charge in [0.05, 0.1) is 27.8 Å². The third kappa shape index (κ3) is 3.85. The quantitative estimate of drug-likeness (QED) is 0.213. The highest BCUT2D eigenvalue weighted by molar-refractivity contribution is 6.12. The minimum absolute atomic E-state index is 0.136. The second-order valence-corrected chi connectivity index (χ2v) is 11.4. The van der Waals surface area contributed by atoms with Crippen LogP contribution in [0.1, 0.15) is 18.2 Å². The van der Waals surface area contributed by atoms with Crippen molar-refractivity contribution in [1.82, 2.24) is 19.1 Å². The molecule has 3 heterocycles. The summed E-state index contributed by atoms with van der Waals surface area (Å²) < 4.78 is 4.69. The van der Waals surface area contributed by atoms with Gasteiger partial charge in [-0.2, -0.15) is 0 Å². The third-order valence-corrected chi connectivity index (χ3v) is 8.84. The number of para-hydroxylation sites is 3. The van der Waals surface area contributed by atoms with E-state index in [2.05, 4.69) is 155 Å². The Labute approximate surface area is 254 Å². The van der Waals surface area contributed by atoms with Crippen LogP contribution in [0.2, 0.25) is 0 Å². The Bertz CT molecular complexity index is 2370. The van der Waals surface area contributed by atoms with E-state index in [1.165, 1.54) is 32.6 Å². The molecule has 5 aromatic carbocycles. The molecule has 44 heavy (non-hydrogen) atoms. The van der Waals surface area contributed by atoms with Gasteiger partial charge in [-0.15, -0.1) is 0 Å². The Morgan fingerprint density at radius 3 is 1.82 bits per heavy atom. The van der Waals surface area contributed by atoms with Gasteiger partial charge in [-0.3, -0.25) is 4.57 Å². The second kappa shape index (κ2) is 9.92. The lowest BCUT2D eigenvalue weighted by Gasteiger charge is -2.16. The predicted octanol–water partition coefficient (Wildman–Crippen LogP) is 9.94. The molecule has 208 valence electrons. The monoisotopic (exact) mass is 564 g/mol.